The second kappa shape index (κ2) is 10.2. The molecule has 0 radical (unpaired) electrons. The average molecular weight is 524 g/mol. The van der Waals surface area contributed by atoms with Crippen LogP contribution in [0.4, 0.5) is 5.13 Å². The summed E-state index contributed by atoms with van der Waals surface area (Å²) in [5.74, 6) is 1.35. The number of aliphatic hydroxyl groups is 1. The summed E-state index contributed by atoms with van der Waals surface area (Å²) in [6.07, 6.45) is 9.18. The van der Waals surface area contributed by atoms with Crippen molar-refractivity contribution in [1.82, 2.24) is 19.9 Å². The molecule has 0 bridgehead atoms. The van der Waals surface area contributed by atoms with Gasteiger partial charge in [-0.3, -0.25) is 4.79 Å². The van der Waals surface area contributed by atoms with Crippen LogP contribution >= 0.6 is 22.7 Å². The Kier molecular flexibility index (Phi) is 6.61. The molecule has 2 aliphatic carbocycles. The molecule has 0 saturated heterocycles. The number of ether oxygens (including phenoxy) is 2. The molecule has 2 atom stereocenters. The number of aromatic nitrogens is 4. The van der Waals surface area contributed by atoms with Crippen molar-refractivity contribution in [3.63, 3.8) is 0 Å². The number of benzene rings is 1. The molecule has 3 aromatic heterocycles. The standard InChI is InChI=1S/C25H25N5O4S2/c31-18-2-1-3-19(18)33-12-20-27-10-15(11-28-20)16-6-7-17-23(22(16)34-13-21-26-8-9-35-21)36-25(29-17)30-24(32)14-4-5-14/h6-11,14,18-19,31H,1-5,12-13H2,(H,29,30,32)/t18-,19-/m0/s1. The van der Waals surface area contributed by atoms with E-state index >= 15 is 0 Å². The van der Waals surface area contributed by atoms with E-state index in [1.165, 1.54) is 22.7 Å². The molecule has 3 heterocycles. The molecular formula is C25H25N5O4S2. The molecule has 2 saturated carbocycles. The molecule has 2 aliphatic rings. The summed E-state index contributed by atoms with van der Waals surface area (Å²) in [4.78, 5) is 30.2. The van der Waals surface area contributed by atoms with E-state index in [9.17, 15) is 9.90 Å². The van der Waals surface area contributed by atoms with Crippen molar-refractivity contribution in [3.8, 4) is 16.9 Å². The summed E-state index contributed by atoms with van der Waals surface area (Å²) < 4.78 is 12.9. The normalized spacial score (nSPS) is 19.6. The summed E-state index contributed by atoms with van der Waals surface area (Å²) in [5, 5.41) is 16.3. The number of amides is 1. The first-order valence-electron chi connectivity index (χ1n) is 12.0. The van der Waals surface area contributed by atoms with Gasteiger partial charge in [0.15, 0.2) is 11.0 Å². The highest BCUT2D eigenvalue weighted by molar-refractivity contribution is 7.22. The van der Waals surface area contributed by atoms with Crippen molar-refractivity contribution in [2.45, 2.75) is 57.5 Å². The molecule has 2 fully saturated rings. The Morgan fingerprint density at radius 1 is 1.11 bits per heavy atom. The maximum absolute atomic E-state index is 12.3. The minimum atomic E-state index is -0.410. The van der Waals surface area contributed by atoms with Gasteiger partial charge >= 0.3 is 0 Å². The number of hydrogen-bond acceptors (Lipinski definition) is 10. The summed E-state index contributed by atoms with van der Waals surface area (Å²) in [7, 11) is 0. The molecule has 9 nitrogen and oxygen atoms in total. The molecule has 186 valence electrons. The zero-order valence-corrected chi connectivity index (χ0v) is 21.1. The molecule has 6 rings (SSSR count). The first-order valence-corrected chi connectivity index (χ1v) is 13.7. The van der Waals surface area contributed by atoms with Gasteiger partial charge in [0.05, 0.1) is 22.4 Å². The summed E-state index contributed by atoms with van der Waals surface area (Å²) in [6.45, 7) is 0.579. The third-order valence-corrected chi connectivity index (χ3v) is 8.11. The van der Waals surface area contributed by atoms with E-state index in [1.54, 1.807) is 18.6 Å². The van der Waals surface area contributed by atoms with Crippen LogP contribution in [0.25, 0.3) is 21.3 Å². The molecule has 4 aromatic rings. The SMILES string of the molecule is O=C(Nc1nc2ccc(-c3cnc(CO[C@H]4CCC[C@@H]4O)nc3)c(OCc3nccs3)c2s1)C1CC1. The van der Waals surface area contributed by atoms with Crippen molar-refractivity contribution in [2.75, 3.05) is 5.32 Å². The Balaban J connectivity index is 1.27. The van der Waals surface area contributed by atoms with Crippen LogP contribution in [0.3, 0.4) is 0 Å². The smallest absolute Gasteiger partial charge is 0.229 e. The summed E-state index contributed by atoms with van der Waals surface area (Å²) in [6, 6.07) is 3.86. The molecule has 0 unspecified atom stereocenters. The maximum Gasteiger partial charge on any atom is 0.229 e. The fraction of sp³-hybridized carbons (Fsp3) is 0.400. The third kappa shape index (κ3) is 5.10. The fourth-order valence-corrected chi connectivity index (χ4v) is 5.75. The van der Waals surface area contributed by atoms with Crippen molar-refractivity contribution < 1.29 is 19.4 Å². The van der Waals surface area contributed by atoms with Crippen molar-refractivity contribution >= 4 is 43.9 Å². The van der Waals surface area contributed by atoms with Crippen LogP contribution in [-0.2, 0) is 22.7 Å². The van der Waals surface area contributed by atoms with E-state index in [1.807, 2.05) is 17.5 Å². The number of aliphatic hydroxyl groups excluding tert-OH is 1. The first kappa shape index (κ1) is 23.4. The van der Waals surface area contributed by atoms with Gasteiger partial charge in [-0.25, -0.2) is 19.9 Å². The van der Waals surface area contributed by atoms with Crippen LogP contribution in [0, 0.1) is 5.92 Å². The Hall–Kier alpha value is -2.99. The predicted octanol–water partition coefficient (Wildman–Crippen LogP) is 4.57. The highest BCUT2D eigenvalue weighted by Crippen LogP contribution is 2.42. The van der Waals surface area contributed by atoms with Gasteiger partial charge in [-0.2, -0.15) is 0 Å². The fourth-order valence-electron chi connectivity index (χ4n) is 4.25. The van der Waals surface area contributed by atoms with E-state index < -0.39 is 6.10 Å². The minimum Gasteiger partial charge on any atom is -0.484 e. The lowest BCUT2D eigenvalue weighted by atomic mass is 10.1. The zero-order valence-electron chi connectivity index (χ0n) is 19.4. The van der Waals surface area contributed by atoms with Crippen LogP contribution < -0.4 is 10.1 Å². The van der Waals surface area contributed by atoms with E-state index in [0.29, 0.717) is 23.3 Å². The highest BCUT2D eigenvalue weighted by Gasteiger charge is 2.30. The van der Waals surface area contributed by atoms with Gasteiger partial charge in [0.25, 0.3) is 0 Å². The molecule has 1 aromatic carbocycles. The summed E-state index contributed by atoms with van der Waals surface area (Å²) in [5.41, 5.74) is 2.39. The number of nitrogens with one attached hydrogen (secondary N) is 1. The predicted molar refractivity (Wildman–Crippen MR) is 137 cm³/mol. The lowest BCUT2D eigenvalue weighted by molar-refractivity contribution is -0.117. The van der Waals surface area contributed by atoms with E-state index in [2.05, 4.69) is 25.3 Å². The van der Waals surface area contributed by atoms with Gasteiger partial charge in [0.2, 0.25) is 5.91 Å². The number of fused-ring (bicyclic) bond motifs is 1. The quantitative estimate of drug-likeness (QED) is 0.328. The monoisotopic (exact) mass is 523 g/mol. The Morgan fingerprint density at radius 2 is 1.97 bits per heavy atom. The van der Waals surface area contributed by atoms with Crippen LogP contribution in [-0.4, -0.2) is 43.2 Å². The van der Waals surface area contributed by atoms with Gasteiger partial charge in [-0.05, 0) is 44.2 Å². The lowest BCUT2D eigenvalue weighted by Crippen LogP contribution is -2.22. The van der Waals surface area contributed by atoms with E-state index in [4.69, 9.17) is 9.47 Å². The molecule has 2 N–H and O–H groups in total. The number of carbonyl (C=O) groups is 1. The van der Waals surface area contributed by atoms with Gasteiger partial charge in [0.1, 0.15) is 24.0 Å². The van der Waals surface area contributed by atoms with E-state index in [-0.39, 0.29) is 24.5 Å². The average Bonchev–Trinajstić information content (AvgIpc) is 3.24. The number of rotatable bonds is 9. The maximum atomic E-state index is 12.3. The Labute approximate surface area is 215 Å². The Bertz CT molecular complexity index is 1360. The zero-order chi connectivity index (χ0) is 24.5. The van der Waals surface area contributed by atoms with Crippen LogP contribution in [0.2, 0.25) is 0 Å². The van der Waals surface area contributed by atoms with Crippen LogP contribution in [0.15, 0.2) is 36.1 Å². The number of carbonyl (C=O) groups excluding carboxylic acids is 1. The van der Waals surface area contributed by atoms with Gasteiger partial charge in [0, 0.05) is 41.0 Å². The molecule has 11 heteroatoms. The topological polar surface area (TPSA) is 119 Å². The lowest BCUT2D eigenvalue weighted by Gasteiger charge is -2.15. The first-order chi connectivity index (χ1) is 17.6. The molecule has 36 heavy (non-hydrogen) atoms. The Morgan fingerprint density at radius 3 is 2.69 bits per heavy atom. The molecular weight excluding hydrogens is 498 g/mol. The van der Waals surface area contributed by atoms with Gasteiger partial charge in [-0.15, -0.1) is 11.3 Å². The van der Waals surface area contributed by atoms with Gasteiger partial charge < -0.3 is 19.9 Å². The second-order valence-electron chi connectivity index (χ2n) is 9.02. The van der Waals surface area contributed by atoms with E-state index in [0.717, 1.165) is 58.5 Å². The molecule has 0 spiro atoms. The van der Waals surface area contributed by atoms with Crippen molar-refractivity contribution in [2.24, 2.45) is 5.92 Å². The highest BCUT2D eigenvalue weighted by atomic mass is 32.1. The number of anilines is 1. The van der Waals surface area contributed by atoms with Gasteiger partial charge in [-0.1, -0.05) is 11.3 Å². The van der Waals surface area contributed by atoms with Crippen LogP contribution in [0.1, 0.15) is 42.9 Å². The number of nitrogens with zero attached hydrogens (tertiary/aromatic N) is 4. The largest absolute Gasteiger partial charge is 0.484 e. The molecule has 0 aliphatic heterocycles. The number of hydrogen-bond donors (Lipinski definition) is 2. The second-order valence-corrected chi connectivity index (χ2v) is 11.0. The summed E-state index contributed by atoms with van der Waals surface area (Å²) >= 11 is 2.93. The van der Waals surface area contributed by atoms with Crippen molar-refractivity contribution in [1.29, 1.82) is 0 Å². The minimum absolute atomic E-state index is 0.0239. The van der Waals surface area contributed by atoms with Crippen LogP contribution in [0.5, 0.6) is 5.75 Å². The van der Waals surface area contributed by atoms with Crippen molar-refractivity contribution in [3.05, 3.63) is 46.9 Å². The molecule has 1 amide bonds. The third-order valence-electron chi connectivity index (χ3n) is 6.37. The number of thiazole rings is 2.